The fourth-order valence-corrected chi connectivity index (χ4v) is 3.48. The van der Waals surface area contributed by atoms with Gasteiger partial charge in [-0.3, -0.25) is 0 Å². The van der Waals surface area contributed by atoms with Gasteiger partial charge < -0.3 is 4.90 Å². The lowest BCUT2D eigenvalue weighted by atomic mass is 9.90. The van der Waals surface area contributed by atoms with Crippen LogP contribution >= 0.6 is 0 Å². The maximum absolute atomic E-state index is 9.08. The van der Waals surface area contributed by atoms with Crippen LogP contribution in [0.3, 0.4) is 0 Å². The maximum atomic E-state index is 9.08. The van der Waals surface area contributed by atoms with Crippen LogP contribution in [-0.4, -0.2) is 24.0 Å². The summed E-state index contributed by atoms with van der Waals surface area (Å²) in [4.78, 5) is 2.68. The lowest BCUT2D eigenvalue weighted by molar-refractivity contribution is 0.174. The fourth-order valence-electron chi connectivity index (χ4n) is 3.48. The van der Waals surface area contributed by atoms with Gasteiger partial charge >= 0.3 is 0 Å². The van der Waals surface area contributed by atoms with Crippen molar-refractivity contribution in [2.75, 3.05) is 13.1 Å². The number of nitriles is 1. The zero-order chi connectivity index (χ0) is 12.3. The zero-order valence-electron chi connectivity index (χ0n) is 11.4. The predicted molar refractivity (Wildman–Crippen MR) is 70.6 cm³/mol. The maximum Gasteiger partial charge on any atom is 0.0684 e. The van der Waals surface area contributed by atoms with Gasteiger partial charge in [-0.1, -0.05) is 12.8 Å². The molecule has 96 valence electrons. The van der Waals surface area contributed by atoms with Crippen molar-refractivity contribution >= 4 is 0 Å². The molecule has 0 bridgehead atoms. The summed E-state index contributed by atoms with van der Waals surface area (Å²) in [5, 5.41) is 9.08. The molecule has 1 atom stereocenters. The first kappa shape index (κ1) is 12.9. The van der Waals surface area contributed by atoms with Gasteiger partial charge in [0.05, 0.1) is 11.5 Å². The molecule has 2 rings (SSSR count). The van der Waals surface area contributed by atoms with Crippen molar-refractivity contribution in [2.24, 2.45) is 11.3 Å². The second kappa shape index (κ2) is 5.40. The molecule has 2 heteroatoms. The standard InChI is InChI=1S/C15H26N2/c1-15(2,12-16)9-11-17-10-5-8-14(17)13-6-3-4-7-13/h13-14H,3-11H2,1-2H3. The van der Waals surface area contributed by atoms with Crippen LogP contribution in [0.1, 0.15) is 58.8 Å². The molecule has 2 aliphatic rings. The first-order valence-corrected chi connectivity index (χ1v) is 7.28. The molecule has 0 amide bonds. The summed E-state index contributed by atoms with van der Waals surface area (Å²) < 4.78 is 0. The lowest BCUT2D eigenvalue weighted by Gasteiger charge is -2.31. The lowest BCUT2D eigenvalue weighted by Crippen LogP contribution is -2.36. The summed E-state index contributed by atoms with van der Waals surface area (Å²) in [6, 6.07) is 3.26. The van der Waals surface area contributed by atoms with Crippen molar-refractivity contribution in [1.29, 1.82) is 5.26 Å². The normalized spacial score (nSPS) is 27.5. The number of rotatable bonds is 4. The van der Waals surface area contributed by atoms with Crippen LogP contribution in [0.2, 0.25) is 0 Å². The third kappa shape index (κ3) is 3.22. The Labute approximate surface area is 106 Å². The van der Waals surface area contributed by atoms with E-state index in [1.54, 1.807) is 0 Å². The van der Waals surface area contributed by atoms with Crippen LogP contribution in [0, 0.1) is 22.7 Å². The largest absolute Gasteiger partial charge is 0.300 e. The van der Waals surface area contributed by atoms with E-state index in [0.29, 0.717) is 0 Å². The van der Waals surface area contributed by atoms with E-state index in [2.05, 4.69) is 24.8 Å². The highest BCUT2D eigenvalue weighted by molar-refractivity contribution is 4.94. The molecule has 1 saturated carbocycles. The van der Waals surface area contributed by atoms with Crippen molar-refractivity contribution in [2.45, 2.75) is 64.8 Å². The van der Waals surface area contributed by atoms with Gasteiger partial charge in [0.2, 0.25) is 0 Å². The van der Waals surface area contributed by atoms with Crippen LogP contribution in [-0.2, 0) is 0 Å². The monoisotopic (exact) mass is 234 g/mol. The highest BCUT2D eigenvalue weighted by Crippen LogP contribution is 2.36. The molecule has 1 heterocycles. The molecular formula is C15H26N2. The van der Waals surface area contributed by atoms with Gasteiger partial charge in [-0.2, -0.15) is 5.26 Å². The molecule has 2 fully saturated rings. The van der Waals surface area contributed by atoms with Gasteiger partial charge in [0.25, 0.3) is 0 Å². The highest BCUT2D eigenvalue weighted by atomic mass is 15.2. The van der Waals surface area contributed by atoms with Crippen LogP contribution in [0.4, 0.5) is 0 Å². The Morgan fingerprint density at radius 3 is 2.53 bits per heavy atom. The summed E-state index contributed by atoms with van der Waals surface area (Å²) in [5.41, 5.74) is -0.150. The Bertz CT molecular complexity index is 284. The van der Waals surface area contributed by atoms with Crippen molar-refractivity contribution in [3.05, 3.63) is 0 Å². The van der Waals surface area contributed by atoms with Crippen LogP contribution in [0.5, 0.6) is 0 Å². The van der Waals surface area contributed by atoms with E-state index in [0.717, 1.165) is 24.9 Å². The van der Waals surface area contributed by atoms with Crippen LogP contribution < -0.4 is 0 Å². The molecule has 0 aromatic carbocycles. The average Bonchev–Trinajstić information content (AvgIpc) is 2.96. The molecule has 17 heavy (non-hydrogen) atoms. The first-order valence-electron chi connectivity index (χ1n) is 7.28. The first-order chi connectivity index (χ1) is 8.12. The summed E-state index contributed by atoms with van der Waals surface area (Å²) in [7, 11) is 0. The van der Waals surface area contributed by atoms with Crippen molar-refractivity contribution in [3.8, 4) is 6.07 Å². The molecule has 2 nitrogen and oxygen atoms in total. The van der Waals surface area contributed by atoms with Crippen molar-refractivity contribution < 1.29 is 0 Å². The predicted octanol–water partition coefficient (Wildman–Crippen LogP) is 3.58. The minimum Gasteiger partial charge on any atom is -0.300 e. The van der Waals surface area contributed by atoms with E-state index in [-0.39, 0.29) is 5.41 Å². The molecule has 0 spiro atoms. The van der Waals surface area contributed by atoms with Crippen LogP contribution in [0.25, 0.3) is 0 Å². The van der Waals surface area contributed by atoms with Gasteiger partial charge in [-0.25, -0.2) is 0 Å². The molecule has 0 N–H and O–H groups in total. The third-order valence-electron chi connectivity index (χ3n) is 4.68. The molecule has 1 aliphatic carbocycles. The summed E-state index contributed by atoms with van der Waals surface area (Å²) in [6.07, 6.45) is 9.57. The molecule has 0 aromatic rings. The number of nitrogens with zero attached hydrogens (tertiary/aromatic N) is 2. The van der Waals surface area contributed by atoms with E-state index in [9.17, 15) is 0 Å². The molecule has 1 unspecified atom stereocenters. The topological polar surface area (TPSA) is 27.0 Å². The van der Waals surface area contributed by atoms with Gasteiger partial charge in [0, 0.05) is 6.04 Å². The second-order valence-electron chi connectivity index (χ2n) is 6.54. The fraction of sp³-hybridized carbons (Fsp3) is 0.933. The van der Waals surface area contributed by atoms with E-state index in [1.165, 1.54) is 45.1 Å². The highest BCUT2D eigenvalue weighted by Gasteiger charge is 2.33. The molecule has 0 aromatic heterocycles. The molecule has 1 saturated heterocycles. The Morgan fingerprint density at radius 2 is 1.88 bits per heavy atom. The second-order valence-corrected chi connectivity index (χ2v) is 6.54. The Kier molecular flexibility index (Phi) is 4.09. The van der Waals surface area contributed by atoms with Crippen molar-refractivity contribution in [1.82, 2.24) is 4.90 Å². The molecule has 1 aliphatic heterocycles. The van der Waals surface area contributed by atoms with Gasteiger partial charge in [-0.15, -0.1) is 0 Å². The minimum absolute atomic E-state index is 0.150. The summed E-state index contributed by atoms with van der Waals surface area (Å²) in [5.74, 6) is 0.961. The van der Waals surface area contributed by atoms with Gasteiger partial charge in [0.15, 0.2) is 0 Å². The minimum atomic E-state index is -0.150. The summed E-state index contributed by atoms with van der Waals surface area (Å²) in [6.45, 7) is 6.52. The van der Waals surface area contributed by atoms with E-state index >= 15 is 0 Å². The zero-order valence-corrected chi connectivity index (χ0v) is 11.4. The summed E-state index contributed by atoms with van der Waals surface area (Å²) >= 11 is 0. The number of likely N-dealkylation sites (tertiary alicyclic amines) is 1. The van der Waals surface area contributed by atoms with Crippen LogP contribution in [0.15, 0.2) is 0 Å². The number of hydrogen-bond donors (Lipinski definition) is 0. The molecule has 0 radical (unpaired) electrons. The van der Waals surface area contributed by atoms with Gasteiger partial charge in [0.1, 0.15) is 0 Å². The van der Waals surface area contributed by atoms with Gasteiger partial charge in [-0.05, 0) is 65.0 Å². The van der Waals surface area contributed by atoms with E-state index in [1.807, 2.05) is 0 Å². The Hall–Kier alpha value is -0.550. The quantitative estimate of drug-likeness (QED) is 0.743. The Balaban J connectivity index is 1.85. The number of hydrogen-bond acceptors (Lipinski definition) is 2. The van der Waals surface area contributed by atoms with E-state index < -0.39 is 0 Å². The van der Waals surface area contributed by atoms with E-state index in [4.69, 9.17) is 5.26 Å². The molecular weight excluding hydrogens is 208 g/mol. The average molecular weight is 234 g/mol. The SMILES string of the molecule is CC(C)(C#N)CCN1CCCC1C1CCCC1. The smallest absolute Gasteiger partial charge is 0.0684 e. The third-order valence-corrected chi connectivity index (χ3v) is 4.68. The Morgan fingerprint density at radius 1 is 1.18 bits per heavy atom. The van der Waals surface area contributed by atoms with Crippen molar-refractivity contribution in [3.63, 3.8) is 0 Å².